The summed E-state index contributed by atoms with van der Waals surface area (Å²) in [7, 11) is 0. The third-order valence-corrected chi connectivity index (χ3v) is 3.93. The van der Waals surface area contributed by atoms with E-state index in [4.69, 9.17) is 5.73 Å². The third-order valence-electron chi connectivity index (χ3n) is 3.93. The number of nitrogens with two attached hydrogens (primary N) is 1. The lowest BCUT2D eigenvalue weighted by Gasteiger charge is -2.19. The molecule has 1 aromatic carbocycles. The molecule has 4 N–H and O–H groups in total. The molecule has 0 spiro atoms. The first kappa shape index (κ1) is 19.3. The fourth-order valence-electron chi connectivity index (χ4n) is 2.83. The molecule has 2 rings (SSSR count). The van der Waals surface area contributed by atoms with Gasteiger partial charge in [0.05, 0.1) is 11.4 Å². The van der Waals surface area contributed by atoms with E-state index in [1.165, 1.54) is 6.92 Å². The minimum Gasteiger partial charge on any atom is -0.330 e. The maximum Gasteiger partial charge on any atom is 0.227 e. The van der Waals surface area contributed by atoms with Crippen molar-refractivity contribution in [2.24, 2.45) is 17.6 Å². The molecule has 0 heterocycles. The second kappa shape index (κ2) is 8.21. The van der Waals surface area contributed by atoms with Gasteiger partial charge in [0.1, 0.15) is 0 Å². The molecule has 2 amide bonds. The Balaban J connectivity index is 0.00000264. The largest absolute Gasteiger partial charge is 0.330 e. The highest BCUT2D eigenvalue weighted by Crippen LogP contribution is 2.33. The van der Waals surface area contributed by atoms with Gasteiger partial charge in [-0.15, -0.1) is 12.4 Å². The number of amides is 2. The number of carbonyl (C=O) groups excluding carboxylic acids is 2. The molecule has 1 saturated carbocycles. The topological polar surface area (TPSA) is 84.2 Å². The van der Waals surface area contributed by atoms with E-state index in [0.29, 0.717) is 13.0 Å². The second-order valence-corrected chi connectivity index (χ2v) is 5.52. The van der Waals surface area contributed by atoms with Gasteiger partial charge in [0.2, 0.25) is 11.8 Å². The molecule has 1 aliphatic carbocycles. The lowest BCUT2D eigenvalue weighted by atomic mass is 9.95. The molecular weight excluding hydrogens is 328 g/mol. The standard InChI is InChI=1S/C15H19F2N3O2.ClH/c1-8(21)19-13-5-11(16)12(17)6-14(13)20-15(22)10-4-2-3-9(10)7-18;/h5-6,9-10H,2-4,7,18H2,1H3,(H,19,21)(H,20,22);1H/t9-,10-;/m1./s1. The summed E-state index contributed by atoms with van der Waals surface area (Å²) < 4.78 is 26.7. The van der Waals surface area contributed by atoms with Crippen LogP contribution in [0.4, 0.5) is 20.2 Å². The van der Waals surface area contributed by atoms with Crippen LogP contribution in [-0.4, -0.2) is 18.4 Å². The third kappa shape index (κ3) is 4.62. The van der Waals surface area contributed by atoms with Crippen LogP contribution in [0.5, 0.6) is 0 Å². The maximum absolute atomic E-state index is 13.4. The van der Waals surface area contributed by atoms with Crippen LogP contribution in [0, 0.1) is 23.5 Å². The van der Waals surface area contributed by atoms with E-state index < -0.39 is 17.5 Å². The lowest BCUT2D eigenvalue weighted by Crippen LogP contribution is -2.30. The number of hydrogen-bond acceptors (Lipinski definition) is 3. The van der Waals surface area contributed by atoms with E-state index in [1.54, 1.807) is 0 Å². The monoisotopic (exact) mass is 347 g/mol. The molecule has 0 bridgehead atoms. The molecule has 1 aromatic rings. The Morgan fingerprint density at radius 2 is 1.74 bits per heavy atom. The van der Waals surface area contributed by atoms with Crippen LogP contribution in [0.15, 0.2) is 12.1 Å². The summed E-state index contributed by atoms with van der Waals surface area (Å²) in [5.74, 6) is -3.07. The normalized spacial score (nSPS) is 19.8. The number of halogens is 3. The van der Waals surface area contributed by atoms with Gasteiger partial charge in [-0.05, 0) is 25.3 Å². The first-order chi connectivity index (χ1) is 10.4. The zero-order valence-corrected chi connectivity index (χ0v) is 13.5. The van der Waals surface area contributed by atoms with Gasteiger partial charge in [-0.25, -0.2) is 8.78 Å². The molecule has 0 unspecified atom stereocenters. The number of nitrogens with one attached hydrogen (secondary N) is 2. The van der Waals surface area contributed by atoms with Crippen LogP contribution in [0.1, 0.15) is 26.2 Å². The van der Waals surface area contributed by atoms with Crippen LogP contribution in [0.25, 0.3) is 0 Å². The summed E-state index contributed by atoms with van der Waals surface area (Å²) in [6, 6.07) is 1.71. The van der Waals surface area contributed by atoms with Crippen molar-refractivity contribution >= 4 is 35.6 Å². The number of hydrogen-bond donors (Lipinski definition) is 3. The molecule has 1 aliphatic rings. The van der Waals surface area contributed by atoms with E-state index in [-0.39, 0.29) is 41.5 Å². The Morgan fingerprint density at radius 3 is 2.26 bits per heavy atom. The minimum absolute atomic E-state index is 0. The quantitative estimate of drug-likeness (QED) is 0.782. The van der Waals surface area contributed by atoms with Gasteiger partial charge in [0, 0.05) is 25.0 Å². The van der Waals surface area contributed by atoms with Crippen molar-refractivity contribution < 1.29 is 18.4 Å². The Kier molecular flexibility index (Phi) is 6.90. The molecule has 5 nitrogen and oxygen atoms in total. The van der Waals surface area contributed by atoms with E-state index in [1.807, 2.05) is 0 Å². The number of benzene rings is 1. The molecule has 1 fully saturated rings. The molecule has 0 aromatic heterocycles. The van der Waals surface area contributed by atoms with Gasteiger partial charge < -0.3 is 16.4 Å². The van der Waals surface area contributed by atoms with Crippen molar-refractivity contribution in [1.29, 1.82) is 0 Å². The van der Waals surface area contributed by atoms with Crippen LogP contribution in [0.3, 0.4) is 0 Å². The molecule has 0 radical (unpaired) electrons. The van der Waals surface area contributed by atoms with Crippen molar-refractivity contribution in [2.75, 3.05) is 17.2 Å². The van der Waals surface area contributed by atoms with Crippen molar-refractivity contribution in [2.45, 2.75) is 26.2 Å². The Morgan fingerprint density at radius 1 is 1.17 bits per heavy atom. The van der Waals surface area contributed by atoms with Crippen LogP contribution >= 0.6 is 12.4 Å². The van der Waals surface area contributed by atoms with Gasteiger partial charge in [0.25, 0.3) is 0 Å². The molecule has 0 saturated heterocycles. The highest BCUT2D eigenvalue weighted by atomic mass is 35.5. The predicted octanol–water partition coefficient (Wildman–Crippen LogP) is 2.66. The minimum atomic E-state index is -1.09. The Hall–Kier alpha value is -1.73. The van der Waals surface area contributed by atoms with Crippen LogP contribution < -0.4 is 16.4 Å². The predicted molar refractivity (Wildman–Crippen MR) is 86.4 cm³/mol. The maximum atomic E-state index is 13.4. The molecule has 0 aliphatic heterocycles. The summed E-state index contributed by atoms with van der Waals surface area (Å²) in [6.45, 7) is 1.66. The van der Waals surface area contributed by atoms with Gasteiger partial charge in [0.15, 0.2) is 11.6 Å². The Bertz CT molecular complexity index is 598. The van der Waals surface area contributed by atoms with Gasteiger partial charge in [-0.2, -0.15) is 0 Å². The van der Waals surface area contributed by atoms with Gasteiger partial charge in [-0.1, -0.05) is 6.42 Å². The summed E-state index contributed by atoms with van der Waals surface area (Å²) in [4.78, 5) is 23.5. The summed E-state index contributed by atoms with van der Waals surface area (Å²) >= 11 is 0. The molecule has 2 atom stereocenters. The fourth-order valence-corrected chi connectivity index (χ4v) is 2.83. The summed E-state index contributed by atoms with van der Waals surface area (Å²) in [5, 5.41) is 4.95. The van der Waals surface area contributed by atoms with Crippen LogP contribution in [-0.2, 0) is 9.59 Å². The van der Waals surface area contributed by atoms with Crippen molar-refractivity contribution in [3.05, 3.63) is 23.8 Å². The van der Waals surface area contributed by atoms with E-state index in [2.05, 4.69) is 10.6 Å². The average Bonchev–Trinajstić information content (AvgIpc) is 2.92. The van der Waals surface area contributed by atoms with Gasteiger partial charge in [-0.3, -0.25) is 9.59 Å². The number of carbonyl (C=O) groups is 2. The smallest absolute Gasteiger partial charge is 0.227 e. The average molecular weight is 348 g/mol. The lowest BCUT2D eigenvalue weighted by molar-refractivity contribution is -0.120. The van der Waals surface area contributed by atoms with Crippen LogP contribution in [0.2, 0.25) is 0 Å². The van der Waals surface area contributed by atoms with Crippen molar-refractivity contribution in [3.63, 3.8) is 0 Å². The summed E-state index contributed by atoms with van der Waals surface area (Å²) in [6.07, 6.45) is 2.51. The first-order valence-corrected chi connectivity index (χ1v) is 7.20. The highest BCUT2D eigenvalue weighted by molar-refractivity contribution is 5.99. The van der Waals surface area contributed by atoms with Crippen molar-refractivity contribution in [1.82, 2.24) is 0 Å². The molecule has 23 heavy (non-hydrogen) atoms. The Labute approximate surface area is 139 Å². The molecule has 8 heteroatoms. The second-order valence-electron chi connectivity index (χ2n) is 5.52. The van der Waals surface area contributed by atoms with Crippen molar-refractivity contribution in [3.8, 4) is 0 Å². The fraction of sp³-hybridized carbons (Fsp3) is 0.467. The zero-order valence-electron chi connectivity index (χ0n) is 12.7. The van der Waals surface area contributed by atoms with E-state index >= 15 is 0 Å². The number of anilines is 2. The molecule has 128 valence electrons. The van der Waals surface area contributed by atoms with E-state index in [9.17, 15) is 18.4 Å². The molecular formula is C15H20ClF2N3O2. The van der Waals surface area contributed by atoms with E-state index in [0.717, 1.165) is 25.0 Å². The number of rotatable bonds is 4. The first-order valence-electron chi connectivity index (χ1n) is 7.20. The highest BCUT2D eigenvalue weighted by Gasteiger charge is 2.32. The zero-order chi connectivity index (χ0) is 16.3. The van der Waals surface area contributed by atoms with Gasteiger partial charge >= 0.3 is 0 Å². The summed E-state index contributed by atoms with van der Waals surface area (Å²) in [5.41, 5.74) is 5.72. The SMILES string of the molecule is CC(=O)Nc1cc(F)c(F)cc1NC(=O)[C@@H]1CCC[C@@H]1CN.Cl.